The van der Waals surface area contributed by atoms with Crippen LogP contribution >= 0.6 is 22.9 Å². The first kappa shape index (κ1) is 27.8. The molecule has 5 nitrogen and oxygen atoms in total. The molecule has 5 rings (SSSR count). The number of thiophene rings is 1. The van der Waals surface area contributed by atoms with Crippen molar-refractivity contribution in [3.63, 3.8) is 0 Å². The highest BCUT2D eigenvalue weighted by molar-refractivity contribution is 7.14. The Morgan fingerprint density at radius 3 is 2.20 bits per heavy atom. The highest BCUT2D eigenvalue weighted by Crippen LogP contribution is 2.49. The number of amides is 1. The van der Waals surface area contributed by atoms with Gasteiger partial charge >= 0.3 is 12.1 Å². The van der Waals surface area contributed by atoms with E-state index in [4.69, 9.17) is 21.1 Å². The first-order chi connectivity index (χ1) is 19.2. The van der Waals surface area contributed by atoms with Crippen molar-refractivity contribution in [2.75, 3.05) is 11.9 Å². The summed E-state index contributed by atoms with van der Waals surface area (Å²) in [5.74, 6) is -0.662. The molecule has 4 aromatic rings. The fraction of sp³-hybridized carbons (Fsp3) is 0.226. The predicted octanol–water partition coefficient (Wildman–Crippen LogP) is 8.92. The molecule has 1 aliphatic rings. The number of carbonyl (C=O) groups is 2. The molecule has 1 amide bonds. The Balaban J connectivity index is 1.28. The van der Waals surface area contributed by atoms with E-state index in [1.54, 1.807) is 6.92 Å². The van der Waals surface area contributed by atoms with Crippen molar-refractivity contribution in [3.8, 4) is 21.6 Å². The summed E-state index contributed by atoms with van der Waals surface area (Å²) >= 11 is 6.97. The molecule has 1 fully saturated rings. The number of ether oxygens (including phenoxy) is 2. The third-order valence-electron chi connectivity index (χ3n) is 6.96. The minimum Gasteiger partial charge on any atom is -0.465 e. The van der Waals surface area contributed by atoms with E-state index in [1.807, 2.05) is 55.5 Å². The van der Waals surface area contributed by atoms with Crippen LogP contribution in [-0.4, -0.2) is 18.7 Å². The normalized spacial score (nSPS) is 14.3. The van der Waals surface area contributed by atoms with E-state index >= 15 is 0 Å². The highest BCUT2D eigenvalue weighted by atomic mass is 35.5. The van der Waals surface area contributed by atoms with Crippen LogP contribution in [-0.2, 0) is 19.7 Å². The number of anilines is 1. The molecule has 40 heavy (non-hydrogen) atoms. The Morgan fingerprint density at radius 1 is 0.975 bits per heavy atom. The molecule has 3 aromatic carbocycles. The lowest BCUT2D eigenvalue weighted by atomic mass is 9.93. The van der Waals surface area contributed by atoms with Gasteiger partial charge in [0.15, 0.2) is 5.13 Å². The molecule has 0 saturated heterocycles. The fourth-order valence-electron chi connectivity index (χ4n) is 4.66. The Bertz CT molecular complexity index is 1550. The SMILES string of the molecule is CCOC(=O)C1(c2ccc(-c3ccc(-c4sc(F)cc4NC(=O)OC(C)c4ccc(F)cc4Cl)cc3)cc2)CC1. The first-order valence-corrected chi connectivity index (χ1v) is 14.0. The number of hydrogen-bond donors (Lipinski definition) is 1. The molecule has 0 spiro atoms. The fourth-order valence-corrected chi connectivity index (χ4v) is 5.83. The van der Waals surface area contributed by atoms with Crippen molar-refractivity contribution in [1.82, 2.24) is 0 Å². The lowest BCUT2D eigenvalue weighted by Crippen LogP contribution is -2.23. The van der Waals surface area contributed by atoms with Crippen LogP contribution in [0.15, 0.2) is 72.8 Å². The molecule has 1 atom stereocenters. The van der Waals surface area contributed by atoms with Gasteiger partial charge in [0.1, 0.15) is 11.9 Å². The molecule has 0 bridgehead atoms. The minimum atomic E-state index is -0.792. The Morgan fingerprint density at radius 2 is 1.60 bits per heavy atom. The summed E-state index contributed by atoms with van der Waals surface area (Å²) in [4.78, 5) is 25.5. The molecule has 1 heterocycles. The van der Waals surface area contributed by atoms with E-state index in [0.717, 1.165) is 52.5 Å². The van der Waals surface area contributed by atoms with E-state index in [0.29, 0.717) is 17.0 Å². The highest BCUT2D eigenvalue weighted by Gasteiger charge is 2.52. The summed E-state index contributed by atoms with van der Waals surface area (Å²) in [6.45, 7) is 3.78. The van der Waals surface area contributed by atoms with Crippen molar-refractivity contribution < 1.29 is 27.8 Å². The number of esters is 1. The largest absolute Gasteiger partial charge is 0.465 e. The smallest absolute Gasteiger partial charge is 0.412 e. The van der Waals surface area contributed by atoms with Gasteiger partial charge in [-0.15, -0.1) is 11.3 Å². The van der Waals surface area contributed by atoms with Gasteiger partial charge in [0.2, 0.25) is 0 Å². The summed E-state index contributed by atoms with van der Waals surface area (Å²) < 4.78 is 38.3. The molecule has 1 saturated carbocycles. The number of hydrogen-bond acceptors (Lipinski definition) is 5. The van der Waals surface area contributed by atoms with Gasteiger partial charge in [-0.3, -0.25) is 10.1 Å². The lowest BCUT2D eigenvalue weighted by molar-refractivity contribution is -0.146. The van der Waals surface area contributed by atoms with E-state index in [-0.39, 0.29) is 16.7 Å². The number of carbonyl (C=O) groups excluding carboxylic acids is 2. The van der Waals surface area contributed by atoms with Crippen molar-refractivity contribution in [3.05, 3.63) is 99.9 Å². The quantitative estimate of drug-likeness (QED) is 0.211. The zero-order valence-electron chi connectivity index (χ0n) is 21.8. The zero-order chi connectivity index (χ0) is 28.4. The van der Waals surface area contributed by atoms with Crippen LogP contribution < -0.4 is 5.32 Å². The van der Waals surface area contributed by atoms with E-state index in [9.17, 15) is 18.4 Å². The summed E-state index contributed by atoms with van der Waals surface area (Å²) in [7, 11) is 0. The van der Waals surface area contributed by atoms with Gasteiger partial charge in [0, 0.05) is 11.6 Å². The van der Waals surface area contributed by atoms with Gasteiger partial charge in [-0.25, -0.2) is 9.18 Å². The Labute approximate surface area is 239 Å². The lowest BCUT2D eigenvalue weighted by Gasteiger charge is -2.16. The molecule has 9 heteroatoms. The molecule has 1 unspecified atom stereocenters. The molecule has 0 radical (unpaired) electrons. The third kappa shape index (κ3) is 5.74. The van der Waals surface area contributed by atoms with Gasteiger partial charge in [-0.05, 0) is 61.1 Å². The Hall–Kier alpha value is -3.75. The van der Waals surface area contributed by atoms with E-state index in [2.05, 4.69) is 5.32 Å². The summed E-state index contributed by atoms with van der Waals surface area (Å²) in [5, 5.41) is 2.29. The van der Waals surface area contributed by atoms with Gasteiger partial charge in [0.25, 0.3) is 0 Å². The number of rotatable bonds is 8. The molecule has 1 N–H and O–H groups in total. The maximum absolute atomic E-state index is 14.3. The molecule has 0 aliphatic heterocycles. The molecule has 1 aromatic heterocycles. The maximum atomic E-state index is 14.3. The van der Waals surface area contributed by atoms with Crippen molar-refractivity contribution >= 4 is 40.7 Å². The van der Waals surface area contributed by atoms with Crippen LogP contribution in [0.2, 0.25) is 5.02 Å². The molecule has 206 valence electrons. The van der Waals surface area contributed by atoms with Gasteiger partial charge in [-0.1, -0.05) is 66.2 Å². The zero-order valence-corrected chi connectivity index (χ0v) is 23.4. The second-order valence-corrected chi connectivity index (χ2v) is 11.0. The van der Waals surface area contributed by atoms with Crippen LogP contribution in [0.25, 0.3) is 21.6 Å². The minimum absolute atomic E-state index is 0.142. The summed E-state index contributed by atoms with van der Waals surface area (Å²) in [6.07, 6.45) is 0.0396. The number of benzene rings is 3. The van der Waals surface area contributed by atoms with Crippen molar-refractivity contribution in [2.24, 2.45) is 0 Å². The van der Waals surface area contributed by atoms with Crippen LogP contribution in [0, 0.1) is 10.9 Å². The van der Waals surface area contributed by atoms with Crippen LogP contribution in [0.1, 0.15) is 43.9 Å². The van der Waals surface area contributed by atoms with E-state index in [1.165, 1.54) is 18.2 Å². The Kier molecular flexibility index (Phi) is 7.92. The first-order valence-electron chi connectivity index (χ1n) is 12.8. The second kappa shape index (κ2) is 11.4. The average Bonchev–Trinajstić information content (AvgIpc) is 3.66. The molecular formula is C31H26ClF2NO4S. The summed E-state index contributed by atoms with van der Waals surface area (Å²) in [6, 6.07) is 20.5. The predicted molar refractivity (Wildman–Crippen MR) is 153 cm³/mol. The number of nitrogens with one attached hydrogen (secondary N) is 1. The number of halogens is 3. The maximum Gasteiger partial charge on any atom is 0.412 e. The summed E-state index contributed by atoms with van der Waals surface area (Å²) in [5.41, 5.74) is 3.81. The standard InChI is InChI=1S/C31H26ClF2NO4S/c1-3-38-29(36)31(14-15-31)22-10-8-20(9-11-22)19-4-6-21(7-5-19)28-26(17-27(34)40-28)35-30(37)39-18(2)24-13-12-23(33)16-25(24)32/h4-13,16-18H,3,14-15H2,1-2H3,(H,35,37). The molecular weight excluding hydrogens is 556 g/mol. The van der Waals surface area contributed by atoms with Gasteiger partial charge in [-0.2, -0.15) is 4.39 Å². The van der Waals surface area contributed by atoms with Crippen LogP contribution in [0.4, 0.5) is 19.3 Å². The molecule has 1 aliphatic carbocycles. The van der Waals surface area contributed by atoms with Gasteiger partial charge < -0.3 is 9.47 Å². The topological polar surface area (TPSA) is 64.6 Å². The van der Waals surface area contributed by atoms with Gasteiger partial charge in [0.05, 0.1) is 27.6 Å². The second-order valence-electron chi connectivity index (χ2n) is 9.59. The third-order valence-corrected chi connectivity index (χ3v) is 8.26. The van der Waals surface area contributed by atoms with Crippen molar-refractivity contribution in [1.29, 1.82) is 0 Å². The average molecular weight is 582 g/mol. The monoisotopic (exact) mass is 581 g/mol. The van der Waals surface area contributed by atoms with E-state index < -0.39 is 28.6 Å². The van der Waals surface area contributed by atoms with Crippen molar-refractivity contribution in [2.45, 2.75) is 38.2 Å². The van der Waals surface area contributed by atoms with Crippen LogP contribution in [0.3, 0.4) is 0 Å². The van der Waals surface area contributed by atoms with Crippen LogP contribution in [0.5, 0.6) is 0 Å².